The lowest BCUT2D eigenvalue weighted by molar-refractivity contribution is 0.106. The van der Waals surface area contributed by atoms with Gasteiger partial charge in [-0.3, -0.25) is 9.47 Å². The van der Waals surface area contributed by atoms with Crippen molar-refractivity contribution in [1.29, 1.82) is 0 Å². The number of ether oxygens (including phenoxy) is 1. The maximum Gasteiger partial charge on any atom is 0.350 e. The van der Waals surface area contributed by atoms with Gasteiger partial charge in [0, 0.05) is 80.3 Å². The molecule has 2 bridgehead atoms. The van der Waals surface area contributed by atoms with Crippen LogP contribution < -0.4 is 36.8 Å². The van der Waals surface area contributed by atoms with E-state index < -0.39 is 0 Å². The van der Waals surface area contributed by atoms with Crippen molar-refractivity contribution in [3.8, 4) is 5.75 Å². The molecule has 0 saturated carbocycles. The van der Waals surface area contributed by atoms with Gasteiger partial charge in [0.05, 0.1) is 16.6 Å². The second kappa shape index (κ2) is 11.6. The summed E-state index contributed by atoms with van der Waals surface area (Å²) in [4.78, 5) is 30.2. The normalized spacial score (nSPS) is 25.0. The summed E-state index contributed by atoms with van der Waals surface area (Å²) in [6.45, 7) is 13.8. The fourth-order valence-corrected chi connectivity index (χ4v) is 7.44. The van der Waals surface area contributed by atoms with Gasteiger partial charge in [-0.15, -0.1) is 0 Å². The summed E-state index contributed by atoms with van der Waals surface area (Å²) < 4.78 is 8.48. The first-order chi connectivity index (χ1) is 20.9. The van der Waals surface area contributed by atoms with Gasteiger partial charge < -0.3 is 25.6 Å². The number of allylic oxidation sites excluding steroid dienone is 1. The largest absolute Gasteiger partial charge is 0.488 e. The Balaban J connectivity index is 1.40. The van der Waals surface area contributed by atoms with Gasteiger partial charge >= 0.3 is 5.69 Å². The number of nitrogen functional groups attached to an aromatic ring is 1. The number of pyridine rings is 1. The van der Waals surface area contributed by atoms with E-state index in [9.17, 15) is 4.79 Å². The van der Waals surface area contributed by atoms with E-state index in [0.29, 0.717) is 46.7 Å². The second-order valence-corrected chi connectivity index (χ2v) is 12.5. The standard InChI is InChI=1S/C32H39ClN8O2/c1-3-5-20-15-35-28(34)13-21(20)12-25-27(33)14-26-29-30(25)43-19-24(18-39-10-8-38(4-2)9-11-39)41(29)32(42)37-31(26)40-16-22-6-7-23(17-40)36-22/h3,5,12-15,22-24,36H,1,4,6-11,16-19,34H2,2H3/b20-5-,21-12+. The van der Waals surface area contributed by atoms with Gasteiger partial charge in [0.15, 0.2) is 5.75 Å². The summed E-state index contributed by atoms with van der Waals surface area (Å²) in [5, 5.41) is 6.76. The lowest BCUT2D eigenvalue weighted by atomic mass is 10.0. The van der Waals surface area contributed by atoms with Crippen molar-refractivity contribution < 1.29 is 4.74 Å². The van der Waals surface area contributed by atoms with Gasteiger partial charge in [-0.1, -0.05) is 37.3 Å². The van der Waals surface area contributed by atoms with E-state index in [1.807, 2.05) is 28.9 Å². The number of nitrogens with one attached hydrogen (secondary N) is 1. The number of nitrogens with zero attached hydrogens (tertiary/aromatic N) is 6. The lowest BCUT2D eigenvalue weighted by Crippen LogP contribution is -2.52. The highest BCUT2D eigenvalue weighted by atomic mass is 35.5. The van der Waals surface area contributed by atoms with Crippen molar-refractivity contribution >= 4 is 46.3 Å². The molecule has 226 valence electrons. The molecule has 2 aromatic heterocycles. The van der Waals surface area contributed by atoms with Crippen LogP contribution in [0.3, 0.4) is 0 Å². The molecule has 0 spiro atoms. The first-order valence-electron chi connectivity index (χ1n) is 15.3. The van der Waals surface area contributed by atoms with Crippen LogP contribution >= 0.6 is 11.6 Å². The molecule has 6 heterocycles. The van der Waals surface area contributed by atoms with Crippen LogP contribution in [-0.2, 0) is 0 Å². The molecule has 4 aliphatic rings. The molecule has 1 aromatic carbocycles. The van der Waals surface area contributed by atoms with Gasteiger partial charge in [-0.25, -0.2) is 9.78 Å². The molecule has 43 heavy (non-hydrogen) atoms. The van der Waals surface area contributed by atoms with E-state index in [4.69, 9.17) is 27.1 Å². The minimum atomic E-state index is -0.239. The van der Waals surface area contributed by atoms with Crippen LogP contribution in [0, 0.1) is 0 Å². The van der Waals surface area contributed by atoms with E-state index in [-0.39, 0.29) is 11.7 Å². The van der Waals surface area contributed by atoms with Crippen LogP contribution in [0.4, 0.5) is 11.6 Å². The van der Waals surface area contributed by atoms with E-state index in [2.05, 4.69) is 38.5 Å². The Labute approximate surface area is 256 Å². The SMILES string of the molecule is C=C/C=c1/cnc(N)c/c1=C\c1c(Cl)cc2c(N3CC4CCC(C3)N4)nc(=O)n3c2c1OCC3CN1CCN(CC)CC1. The summed E-state index contributed by atoms with van der Waals surface area (Å²) in [7, 11) is 0. The number of aromatic nitrogens is 3. The number of likely N-dealkylation sites (N-methyl/N-ethyl adjacent to an activating group) is 1. The number of rotatable bonds is 6. The zero-order valence-corrected chi connectivity index (χ0v) is 25.4. The van der Waals surface area contributed by atoms with Gasteiger partial charge in [-0.05, 0) is 42.8 Å². The number of fused-ring (bicyclic) bond motifs is 2. The summed E-state index contributed by atoms with van der Waals surface area (Å²) >= 11 is 7.08. The average molecular weight is 603 g/mol. The third kappa shape index (κ3) is 5.31. The van der Waals surface area contributed by atoms with Crippen LogP contribution in [-0.4, -0.2) is 95.4 Å². The maximum absolute atomic E-state index is 14.0. The number of benzene rings is 1. The van der Waals surface area contributed by atoms with Gasteiger partial charge in [0.2, 0.25) is 0 Å². The quantitative estimate of drug-likeness (QED) is 0.432. The molecule has 3 aromatic rings. The molecule has 3 fully saturated rings. The Morgan fingerprint density at radius 1 is 1.14 bits per heavy atom. The zero-order chi connectivity index (χ0) is 29.7. The predicted molar refractivity (Wildman–Crippen MR) is 172 cm³/mol. The van der Waals surface area contributed by atoms with Crippen molar-refractivity contribution in [2.75, 3.05) is 69.6 Å². The summed E-state index contributed by atoms with van der Waals surface area (Å²) in [5.41, 5.74) is 7.31. The minimum absolute atomic E-state index is 0.160. The Kier molecular flexibility index (Phi) is 7.63. The van der Waals surface area contributed by atoms with E-state index >= 15 is 0 Å². The fourth-order valence-electron chi connectivity index (χ4n) is 7.19. The fraction of sp³-hybridized carbons (Fsp3) is 0.469. The Hall–Kier alpha value is -3.44. The molecule has 7 rings (SSSR count). The zero-order valence-electron chi connectivity index (χ0n) is 24.6. The molecule has 3 N–H and O–H groups in total. The van der Waals surface area contributed by atoms with Gasteiger partial charge in [0.1, 0.15) is 18.2 Å². The first kappa shape index (κ1) is 28.3. The van der Waals surface area contributed by atoms with Crippen molar-refractivity contribution in [3.05, 3.63) is 62.5 Å². The molecule has 11 heteroatoms. The third-order valence-electron chi connectivity index (χ3n) is 9.40. The molecular weight excluding hydrogens is 564 g/mol. The predicted octanol–water partition coefficient (Wildman–Crippen LogP) is 1.33. The summed E-state index contributed by atoms with van der Waals surface area (Å²) in [6, 6.07) is 4.41. The van der Waals surface area contributed by atoms with Crippen LogP contribution in [0.5, 0.6) is 5.75 Å². The molecule has 0 radical (unpaired) electrons. The number of anilines is 2. The van der Waals surface area contributed by atoms with E-state index in [0.717, 1.165) is 86.5 Å². The number of nitrogens with two attached hydrogens (primary N) is 1. The van der Waals surface area contributed by atoms with Crippen LogP contribution in [0.25, 0.3) is 23.1 Å². The van der Waals surface area contributed by atoms with Crippen LogP contribution in [0.15, 0.2) is 35.8 Å². The van der Waals surface area contributed by atoms with Gasteiger partial charge in [0.25, 0.3) is 0 Å². The number of hydrogen-bond donors (Lipinski definition) is 2. The maximum atomic E-state index is 14.0. The highest BCUT2D eigenvalue weighted by Gasteiger charge is 2.36. The Morgan fingerprint density at radius 2 is 1.88 bits per heavy atom. The Morgan fingerprint density at radius 3 is 2.60 bits per heavy atom. The van der Waals surface area contributed by atoms with Crippen molar-refractivity contribution in [1.82, 2.24) is 29.7 Å². The van der Waals surface area contributed by atoms with Gasteiger partial charge in [-0.2, -0.15) is 4.98 Å². The third-order valence-corrected chi connectivity index (χ3v) is 9.71. The first-order valence-corrected chi connectivity index (χ1v) is 15.7. The lowest BCUT2D eigenvalue weighted by Gasteiger charge is -2.38. The number of halogens is 1. The molecular formula is C32H39ClN8O2. The summed E-state index contributed by atoms with van der Waals surface area (Å²) in [6.07, 6.45) is 9.55. The topological polar surface area (TPSA) is 105 Å². The molecule has 4 aliphatic heterocycles. The van der Waals surface area contributed by atoms with Crippen molar-refractivity contribution in [2.24, 2.45) is 0 Å². The molecule has 0 amide bonds. The highest BCUT2D eigenvalue weighted by Crippen LogP contribution is 2.42. The average Bonchev–Trinajstić information content (AvgIpc) is 3.35. The van der Waals surface area contributed by atoms with E-state index in [1.165, 1.54) is 0 Å². The summed E-state index contributed by atoms with van der Waals surface area (Å²) in [5.74, 6) is 1.70. The van der Waals surface area contributed by atoms with Crippen molar-refractivity contribution in [3.63, 3.8) is 0 Å². The molecule has 3 atom stereocenters. The van der Waals surface area contributed by atoms with E-state index in [1.54, 1.807) is 12.3 Å². The molecule has 3 saturated heterocycles. The highest BCUT2D eigenvalue weighted by molar-refractivity contribution is 6.33. The minimum Gasteiger partial charge on any atom is -0.488 e. The van der Waals surface area contributed by atoms with Crippen molar-refractivity contribution in [2.45, 2.75) is 37.9 Å². The van der Waals surface area contributed by atoms with Crippen LogP contribution in [0.1, 0.15) is 31.4 Å². The monoisotopic (exact) mass is 602 g/mol. The molecule has 3 unspecified atom stereocenters. The number of piperazine rings is 2. The number of hydrogen-bond acceptors (Lipinski definition) is 9. The smallest absolute Gasteiger partial charge is 0.350 e. The molecule has 0 aliphatic carbocycles. The van der Waals surface area contributed by atoms with Crippen LogP contribution in [0.2, 0.25) is 5.02 Å². The second-order valence-electron chi connectivity index (χ2n) is 12.1. The Bertz CT molecular complexity index is 1740. The molecule has 10 nitrogen and oxygen atoms in total.